The van der Waals surface area contributed by atoms with E-state index in [9.17, 15) is 4.79 Å². The van der Waals surface area contributed by atoms with Crippen molar-refractivity contribution < 1.29 is 9.32 Å². The van der Waals surface area contributed by atoms with Gasteiger partial charge in [-0.1, -0.05) is 12.1 Å². The lowest BCUT2D eigenvalue weighted by Gasteiger charge is -2.25. The molecule has 2 heterocycles. The average Bonchev–Trinajstić information content (AvgIpc) is 3.03. The second kappa shape index (κ2) is 4.68. The molecule has 1 aliphatic heterocycles. The van der Waals surface area contributed by atoms with Gasteiger partial charge in [0.05, 0.1) is 6.04 Å². The van der Waals surface area contributed by atoms with E-state index in [-0.39, 0.29) is 17.8 Å². The normalized spacial score (nSPS) is 28.1. The van der Waals surface area contributed by atoms with E-state index in [0.717, 1.165) is 25.8 Å². The molecular formula is C12H18N4O2. The van der Waals surface area contributed by atoms with Gasteiger partial charge in [-0.25, -0.2) is 0 Å². The van der Waals surface area contributed by atoms with E-state index in [1.54, 1.807) is 0 Å². The summed E-state index contributed by atoms with van der Waals surface area (Å²) >= 11 is 0. The molecule has 1 saturated carbocycles. The van der Waals surface area contributed by atoms with Gasteiger partial charge in [-0.15, -0.1) is 0 Å². The molecule has 2 N–H and O–H groups in total. The fourth-order valence-electron chi connectivity index (χ4n) is 2.24. The molecule has 1 amide bonds. The van der Waals surface area contributed by atoms with Crippen LogP contribution in [0.5, 0.6) is 0 Å². The summed E-state index contributed by atoms with van der Waals surface area (Å²) in [6.45, 7) is 3.17. The summed E-state index contributed by atoms with van der Waals surface area (Å²) in [4.78, 5) is 15.9. The van der Waals surface area contributed by atoms with Crippen molar-refractivity contribution in [1.29, 1.82) is 0 Å². The topological polar surface area (TPSA) is 80.0 Å². The first-order valence-corrected chi connectivity index (χ1v) is 6.60. The number of carbonyl (C=O) groups excluding carboxylic acids is 1. The third-order valence-corrected chi connectivity index (χ3v) is 3.52. The van der Waals surface area contributed by atoms with Crippen molar-refractivity contribution in [2.24, 2.45) is 5.92 Å². The number of carbonyl (C=O) groups is 1. The standard InChI is InChI=1S/C12H18N4O2/c1-7-4-5-13-9(6-7)12-15-10(16-18-12)11(17)14-8-2-3-8/h7-9,13H,2-6H2,1H3,(H,14,17). The number of hydrogen-bond donors (Lipinski definition) is 2. The zero-order chi connectivity index (χ0) is 12.5. The first kappa shape index (κ1) is 11.6. The third-order valence-electron chi connectivity index (χ3n) is 3.52. The maximum absolute atomic E-state index is 11.7. The lowest BCUT2D eigenvalue weighted by molar-refractivity contribution is 0.0937. The van der Waals surface area contributed by atoms with Crippen LogP contribution in [-0.2, 0) is 0 Å². The molecule has 2 unspecified atom stereocenters. The number of nitrogens with zero attached hydrogens (tertiary/aromatic N) is 2. The molecule has 2 aliphatic rings. The Morgan fingerprint density at radius 1 is 1.44 bits per heavy atom. The molecule has 1 saturated heterocycles. The molecule has 3 rings (SSSR count). The molecule has 1 aromatic heterocycles. The quantitative estimate of drug-likeness (QED) is 0.837. The van der Waals surface area contributed by atoms with E-state index < -0.39 is 0 Å². The minimum Gasteiger partial charge on any atom is -0.346 e. The monoisotopic (exact) mass is 250 g/mol. The highest BCUT2D eigenvalue weighted by Gasteiger charge is 2.28. The van der Waals surface area contributed by atoms with Crippen LogP contribution in [0.3, 0.4) is 0 Å². The van der Waals surface area contributed by atoms with E-state index in [1.807, 2.05) is 0 Å². The first-order valence-electron chi connectivity index (χ1n) is 6.60. The zero-order valence-corrected chi connectivity index (χ0v) is 10.5. The number of piperidine rings is 1. The Hall–Kier alpha value is -1.43. The summed E-state index contributed by atoms with van der Waals surface area (Å²) in [7, 11) is 0. The van der Waals surface area contributed by atoms with Crippen LogP contribution in [0.15, 0.2) is 4.52 Å². The van der Waals surface area contributed by atoms with Gasteiger partial charge in [0, 0.05) is 6.04 Å². The highest BCUT2D eigenvalue weighted by molar-refractivity contribution is 5.90. The molecule has 0 radical (unpaired) electrons. The van der Waals surface area contributed by atoms with Crippen LogP contribution in [0, 0.1) is 5.92 Å². The van der Waals surface area contributed by atoms with Gasteiger partial charge in [0.2, 0.25) is 5.89 Å². The van der Waals surface area contributed by atoms with Crippen LogP contribution in [0.4, 0.5) is 0 Å². The van der Waals surface area contributed by atoms with Gasteiger partial charge >= 0.3 is 0 Å². The highest BCUT2D eigenvalue weighted by atomic mass is 16.5. The van der Waals surface area contributed by atoms with Gasteiger partial charge in [0.1, 0.15) is 0 Å². The number of amides is 1. The summed E-state index contributed by atoms with van der Waals surface area (Å²) in [5, 5.41) is 9.95. The lowest BCUT2D eigenvalue weighted by Crippen LogP contribution is -2.31. The van der Waals surface area contributed by atoms with Crippen molar-refractivity contribution in [3.05, 3.63) is 11.7 Å². The van der Waals surface area contributed by atoms with Crippen LogP contribution in [-0.4, -0.2) is 28.6 Å². The molecule has 0 spiro atoms. The molecule has 2 atom stereocenters. The van der Waals surface area contributed by atoms with Crippen LogP contribution in [0.25, 0.3) is 0 Å². The van der Waals surface area contributed by atoms with Crippen LogP contribution >= 0.6 is 0 Å². The molecule has 0 bridgehead atoms. The van der Waals surface area contributed by atoms with E-state index in [1.165, 1.54) is 6.42 Å². The van der Waals surface area contributed by atoms with Gasteiger partial charge in [-0.2, -0.15) is 4.98 Å². The van der Waals surface area contributed by atoms with Crippen LogP contribution < -0.4 is 10.6 Å². The molecule has 98 valence electrons. The largest absolute Gasteiger partial charge is 0.346 e. The van der Waals surface area contributed by atoms with Crippen molar-refractivity contribution >= 4 is 5.91 Å². The second-order valence-electron chi connectivity index (χ2n) is 5.34. The molecule has 2 fully saturated rings. The zero-order valence-electron chi connectivity index (χ0n) is 10.5. The number of aromatic nitrogens is 2. The van der Waals surface area contributed by atoms with Crippen molar-refractivity contribution in [2.45, 2.75) is 44.7 Å². The summed E-state index contributed by atoms with van der Waals surface area (Å²) in [5.41, 5.74) is 0. The molecule has 0 aromatic carbocycles. The van der Waals surface area contributed by atoms with Crippen molar-refractivity contribution in [1.82, 2.24) is 20.8 Å². The predicted molar refractivity (Wildman–Crippen MR) is 63.9 cm³/mol. The lowest BCUT2D eigenvalue weighted by atomic mass is 9.94. The van der Waals surface area contributed by atoms with E-state index in [0.29, 0.717) is 17.9 Å². The Bertz CT molecular complexity index is 441. The van der Waals surface area contributed by atoms with Gasteiger partial charge in [-0.05, 0) is 38.1 Å². The van der Waals surface area contributed by atoms with E-state index in [4.69, 9.17) is 4.52 Å². The van der Waals surface area contributed by atoms with Crippen molar-refractivity contribution in [2.75, 3.05) is 6.54 Å². The van der Waals surface area contributed by atoms with Crippen molar-refractivity contribution in [3.63, 3.8) is 0 Å². The van der Waals surface area contributed by atoms with Gasteiger partial charge in [0.15, 0.2) is 0 Å². The Labute approximate surface area is 106 Å². The summed E-state index contributed by atoms with van der Waals surface area (Å²) in [5.74, 6) is 1.10. The fraction of sp³-hybridized carbons (Fsp3) is 0.750. The second-order valence-corrected chi connectivity index (χ2v) is 5.34. The van der Waals surface area contributed by atoms with Crippen molar-refractivity contribution in [3.8, 4) is 0 Å². The highest BCUT2D eigenvalue weighted by Crippen LogP contribution is 2.25. The SMILES string of the molecule is CC1CCNC(c2nc(C(=O)NC3CC3)no2)C1. The summed E-state index contributed by atoms with van der Waals surface area (Å²) < 4.78 is 5.19. The minimum absolute atomic E-state index is 0.0868. The van der Waals surface area contributed by atoms with Gasteiger partial charge < -0.3 is 15.2 Å². The predicted octanol–water partition coefficient (Wildman–Crippen LogP) is 1.02. The van der Waals surface area contributed by atoms with Crippen LogP contribution in [0.1, 0.15) is 55.2 Å². The Balaban J connectivity index is 1.66. The maximum Gasteiger partial charge on any atom is 0.292 e. The smallest absolute Gasteiger partial charge is 0.292 e. The van der Waals surface area contributed by atoms with Gasteiger partial charge in [0.25, 0.3) is 11.7 Å². The molecule has 1 aliphatic carbocycles. The summed E-state index contributed by atoms with van der Waals surface area (Å²) in [6, 6.07) is 0.399. The van der Waals surface area contributed by atoms with E-state index in [2.05, 4.69) is 27.7 Å². The van der Waals surface area contributed by atoms with E-state index >= 15 is 0 Å². The number of rotatable bonds is 3. The minimum atomic E-state index is -0.226. The number of hydrogen-bond acceptors (Lipinski definition) is 5. The average molecular weight is 250 g/mol. The first-order chi connectivity index (χ1) is 8.72. The van der Waals surface area contributed by atoms with Gasteiger partial charge in [-0.3, -0.25) is 4.79 Å². The molecule has 6 heteroatoms. The maximum atomic E-state index is 11.7. The van der Waals surface area contributed by atoms with Crippen LogP contribution in [0.2, 0.25) is 0 Å². The third kappa shape index (κ3) is 2.53. The Kier molecular flexibility index (Phi) is 3.03. The molecule has 18 heavy (non-hydrogen) atoms. The summed E-state index contributed by atoms with van der Waals surface area (Å²) in [6.07, 6.45) is 4.25. The fourth-order valence-corrected chi connectivity index (χ4v) is 2.24. The molecule has 1 aromatic rings. The molecular weight excluding hydrogens is 232 g/mol. The molecule has 6 nitrogen and oxygen atoms in total. The number of nitrogens with one attached hydrogen (secondary N) is 2. The Morgan fingerprint density at radius 3 is 3.00 bits per heavy atom. The Morgan fingerprint density at radius 2 is 2.28 bits per heavy atom.